The van der Waals surface area contributed by atoms with E-state index >= 15 is 0 Å². The average molecular weight is 372 g/mol. The predicted molar refractivity (Wildman–Crippen MR) is 107 cm³/mol. The summed E-state index contributed by atoms with van der Waals surface area (Å²) in [6.07, 6.45) is 0.439. The molecule has 0 saturated carbocycles. The van der Waals surface area contributed by atoms with Gasteiger partial charge in [-0.3, -0.25) is 4.79 Å². The van der Waals surface area contributed by atoms with Crippen molar-refractivity contribution in [2.45, 2.75) is 39.1 Å². The van der Waals surface area contributed by atoms with Crippen molar-refractivity contribution in [1.82, 2.24) is 9.97 Å². The van der Waals surface area contributed by atoms with Crippen molar-refractivity contribution in [2.24, 2.45) is 0 Å². The number of hydrogen-bond acceptors (Lipinski definition) is 5. The Morgan fingerprint density at radius 3 is 2.64 bits per heavy atom. The van der Waals surface area contributed by atoms with Gasteiger partial charge in [-0.1, -0.05) is 11.6 Å². The van der Waals surface area contributed by atoms with Crippen LogP contribution >= 0.6 is 23.1 Å². The van der Waals surface area contributed by atoms with Gasteiger partial charge in [0.1, 0.15) is 0 Å². The summed E-state index contributed by atoms with van der Waals surface area (Å²) in [4.78, 5) is 21.0. The van der Waals surface area contributed by atoms with Gasteiger partial charge in [0.25, 0.3) is 0 Å². The summed E-state index contributed by atoms with van der Waals surface area (Å²) in [5, 5.41) is 7.61. The zero-order chi connectivity index (χ0) is 18.0. The average Bonchev–Trinajstić information content (AvgIpc) is 2.93. The molecule has 0 aliphatic heterocycles. The normalized spacial score (nSPS) is 11.0. The molecule has 1 aromatic carbocycles. The van der Waals surface area contributed by atoms with Crippen LogP contribution in [0.25, 0.3) is 10.9 Å². The van der Waals surface area contributed by atoms with E-state index in [0.717, 1.165) is 16.2 Å². The van der Waals surface area contributed by atoms with Crippen LogP contribution in [0.4, 0.5) is 5.13 Å². The number of carbonyl (C=O) groups is 1. The number of aromatic nitrogens is 2. The first kappa shape index (κ1) is 17.9. The zero-order valence-corrected chi connectivity index (χ0v) is 16.5. The minimum Gasteiger partial charge on any atom is -0.302 e. The molecule has 1 amide bonds. The van der Waals surface area contributed by atoms with Gasteiger partial charge in [-0.25, -0.2) is 9.97 Å². The van der Waals surface area contributed by atoms with E-state index in [0.29, 0.717) is 17.3 Å². The molecule has 130 valence electrons. The Kier molecular flexibility index (Phi) is 5.39. The van der Waals surface area contributed by atoms with E-state index in [-0.39, 0.29) is 5.91 Å². The number of thioether (sulfide) groups is 1. The largest absolute Gasteiger partial charge is 0.302 e. The third-order valence-electron chi connectivity index (χ3n) is 3.88. The molecule has 0 atom stereocenters. The number of fused-ring (bicyclic) bond motifs is 1. The van der Waals surface area contributed by atoms with Gasteiger partial charge in [0.15, 0.2) is 5.13 Å². The molecule has 4 nitrogen and oxygen atoms in total. The number of rotatable bonds is 5. The molecule has 3 aromatic rings. The number of nitrogens with zero attached hydrogens (tertiary/aromatic N) is 2. The number of hydrogen-bond donors (Lipinski definition) is 1. The van der Waals surface area contributed by atoms with E-state index in [2.05, 4.69) is 49.3 Å². The summed E-state index contributed by atoms with van der Waals surface area (Å²) in [5.41, 5.74) is 5.65. The number of amides is 1. The lowest BCUT2D eigenvalue weighted by atomic mass is 10.0. The highest BCUT2D eigenvalue weighted by Crippen LogP contribution is 2.27. The maximum absolute atomic E-state index is 12.0. The Hall–Kier alpha value is -1.92. The van der Waals surface area contributed by atoms with E-state index < -0.39 is 0 Å². The van der Waals surface area contributed by atoms with Gasteiger partial charge in [-0.15, -0.1) is 23.1 Å². The molecule has 0 spiro atoms. The second-order valence-electron chi connectivity index (χ2n) is 6.20. The van der Waals surface area contributed by atoms with Gasteiger partial charge in [-0.05, 0) is 51.0 Å². The fourth-order valence-corrected chi connectivity index (χ4v) is 4.35. The van der Waals surface area contributed by atoms with Crippen LogP contribution in [0.5, 0.6) is 0 Å². The van der Waals surface area contributed by atoms with E-state index in [1.807, 2.05) is 12.3 Å². The topological polar surface area (TPSA) is 54.9 Å². The maximum atomic E-state index is 12.0. The summed E-state index contributed by atoms with van der Waals surface area (Å²) in [6, 6.07) is 6.45. The highest BCUT2D eigenvalue weighted by molar-refractivity contribution is 7.99. The van der Waals surface area contributed by atoms with Crippen molar-refractivity contribution in [2.75, 3.05) is 11.1 Å². The van der Waals surface area contributed by atoms with Crippen LogP contribution in [0.1, 0.15) is 28.8 Å². The van der Waals surface area contributed by atoms with Crippen LogP contribution in [-0.2, 0) is 4.79 Å². The van der Waals surface area contributed by atoms with Gasteiger partial charge in [0.05, 0.1) is 16.2 Å². The van der Waals surface area contributed by atoms with Gasteiger partial charge in [-0.2, -0.15) is 0 Å². The number of benzene rings is 1. The van der Waals surface area contributed by atoms with Crippen LogP contribution in [0.2, 0.25) is 0 Å². The first-order chi connectivity index (χ1) is 11.9. The molecule has 0 fully saturated rings. The van der Waals surface area contributed by atoms with Crippen molar-refractivity contribution in [3.05, 3.63) is 46.0 Å². The second-order valence-corrected chi connectivity index (χ2v) is 8.17. The fraction of sp³-hybridized carbons (Fsp3) is 0.316. The van der Waals surface area contributed by atoms with Gasteiger partial charge < -0.3 is 5.32 Å². The maximum Gasteiger partial charge on any atom is 0.226 e. The molecule has 0 aliphatic carbocycles. The van der Waals surface area contributed by atoms with Crippen molar-refractivity contribution in [3.8, 4) is 0 Å². The van der Waals surface area contributed by atoms with E-state index in [1.54, 1.807) is 11.8 Å². The molecule has 2 heterocycles. The van der Waals surface area contributed by atoms with Crippen molar-refractivity contribution in [3.63, 3.8) is 0 Å². The van der Waals surface area contributed by atoms with Crippen LogP contribution in [0, 0.1) is 27.7 Å². The smallest absolute Gasteiger partial charge is 0.226 e. The van der Waals surface area contributed by atoms with Crippen LogP contribution in [0.15, 0.2) is 28.6 Å². The Morgan fingerprint density at radius 1 is 1.12 bits per heavy atom. The lowest BCUT2D eigenvalue weighted by Gasteiger charge is -2.09. The van der Waals surface area contributed by atoms with Crippen molar-refractivity contribution < 1.29 is 4.79 Å². The quantitative estimate of drug-likeness (QED) is 0.638. The van der Waals surface area contributed by atoms with Crippen LogP contribution in [0.3, 0.4) is 0 Å². The predicted octanol–water partition coefficient (Wildman–Crippen LogP) is 5.05. The molecular formula is C19H21N3OS2. The number of aryl methyl sites for hydroxylation is 4. The number of pyridine rings is 1. The molecule has 1 N–H and O–H groups in total. The fourth-order valence-electron chi connectivity index (χ4n) is 2.73. The Labute approximate surface area is 156 Å². The van der Waals surface area contributed by atoms with Gasteiger partial charge in [0, 0.05) is 22.9 Å². The molecule has 2 aromatic heterocycles. The monoisotopic (exact) mass is 371 g/mol. The third kappa shape index (κ3) is 4.38. The standard InChI is InChI=1S/C19H21N3OS2/c1-11-7-13(3)18-15(8-11)12(2)9-17(22-18)24-6-5-16(23)21-19-20-14(4)10-25-19/h7-10H,5-6H2,1-4H3,(H,20,21,23). The molecule has 0 bridgehead atoms. The molecule has 25 heavy (non-hydrogen) atoms. The highest BCUT2D eigenvalue weighted by Gasteiger charge is 2.09. The van der Waals surface area contributed by atoms with Gasteiger partial charge in [0.2, 0.25) is 5.91 Å². The molecule has 0 saturated heterocycles. The summed E-state index contributed by atoms with van der Waals surface area (Å²) in [6.45, 7) is 8.24. The number of carbonyl (C=O) groups excluding carboxylic acids is 1. The molecular weight excluding hydrogens is 350 g/mol. The zero-order valence-electron chi connectivity index (χ0n) is 14.8. The number of nitrogens with one attached hydrogen (secondary N) is 1. The second kappa shape index (κ2) is 7.54. The Balaban J connectivity index is 1.64. The SMILES string of the molecule is Cc1cc(C)c2nc(SCCC(=O)Nc3nc(C)cs3)cc(C)c2c1. The summed E-state index contributed by atoms with van der Waals surface area (Å²) in [7, 11) is 0. The number of thiazole rings is 1. The molecule has 0 aliphatic rings. The van der Waals surface area contributed by atoms with E-state index in [9.17, 15) is 4.79 Å². The number of anilines is 1. The van der Waals surface area contributed by atoms with E-state index in [1.165, 1.54) is 33.4 Å². The van der Waals surface area contributed by atoms with Crippen LogP contribution in [-0.4, -0.2) is 21.6 Å². The summed E-state index contributed by atoms with van der Waals surface area (Å²) >= 11 is 3.07. The lowest BCUT2D eigenvalue weighted by Crippen LogP contribution is -2.12. The Bertz CT molecular complexity index is 934. The lowest BCUT2D eigenvalue weighted by molar-refractivity contribution is -0.115. The van der Waals surface area contributed by atoms with E-state index in [4.69, 9.17) is 4.98 Å². The summed E-state index contributed by atoms with van der Waals surface area (Å²) < 4.78 is 0. The molecule has 6 heteroatoms. The third-order valence-corrected chi connectivity index (χ3v) is 5.66. The summed E-state index contributed by atoms with van der Waals surface area (Å²) in [5.74, 6) is 0.685. The first-order valence-corrected chi connectivity index (χ1v) is 10.0. The molecule has 0 unspecified atom stereocenters. The Morgan fingerprint density at radius 2 is 1.92 bits per heavy atom. The van der Waals surface area contributed by atoms with Crippen molar-refractivity contribution in [1.29, 1.82) is 0 Å². The molecule has 0 radical (unpaired) electrons. The van der Waals surface area contributed by atoms with Crippen LogP contribution < -0.4 is 5.32 Å². The molecule has 3 rings (SSSR count). The first-order valence-electron chi connectivity index (χ1n) is 8.16. The highest BCUT2D eigenvalue weighted by atomic mass is 32.2. The minimum absolute atomic E-state index is 0.00818. The van der Waals surface area contributed by atoms with Gasteiger partial charge >= 0.3 is 0 Å². The van der Waals surface area contributed by atoms with Crippen molar-refractivity contribution >= 4 is 45.0 Å². The minimum atomic E-state index is -0.00818.